The summed E-state index contributed by atoms with van der Waals surface area (Å²) in [7, 11) is -3.66. The van der Waals surface area contributed by atoms with Crippen LogP contribution in [0.5, 0.6) is 5.75 Å². The first-order chi connectivity index (χ1) is 10.1. The van der Waals surface area contributed by atoms with Gasteiger partial charge in [-0.05, 0) is 31.4 Å². The van der Waals surface area contributed by atoms with Crippen molar-refractivity contribution in [2.75, 3.05) is 6.61 Å². The molecule has 6 nitrogen and oxygen atoms in total. The number of para-hydroxylation sites is 1. The first kappa shape index (κ1) is 14.1. The molecule has 0 aliphatic carbocycles. The van der Waals surface area contributed by atoms with Crippen LogP contribution in [0, 0.1) is 6.92 Å². The van der Waals surface area contributed by atoms with Crippen LogP contribution in [0.4, 0.5) is 0 Å². The predicted molar refractivity (Wildman–Crippen MR) is 75.5 cm³/mol. The van der Waals surface area contributed by atoms with Crippen molar-refractivity contribution in [2.45, 2.75) is 31.2 Å². The summed E-state index contributed by atoms with van der Waals surface area (Å²) in [6.45, 7) is 2.37. The Labute approximate surface area is 123 Å². The van der Waals surface area contributed by atoms with E-state index in [1.807, 2.05) is 6.07 Å². The summed E-state index contributed by atoms with van der Waals surface area (Å²) >= 11 is 0. The van der Waals surface area contributed by atoms with Crippen molar-refractivity contribution < 1.29 is 17.6 Å². The SMILES string of the molecule is Cc1ncoc1CNS(=O)(=O)c1cccc2c1OCCC2. The molecule has 0 atom stereocenters. The minimum atomic E-state index is -3.66. The summed E-state index contributed by atoms with van der Waals surface area (Å²) < 4.78 is 38.1. The smallest absolute Gasteiger partial charge is 0.244 e. The average molecular weight is 308 g/mol. The lowest BCUT2D eigenvalue weighted by atomic mass is 10.1. The highest BCUT2D eigenvalue weighted by atomic mass is 32.2. The molecule has 0 unspecified atom stereocenters. The number of ether oxygens (including phenoxy) is 1. The van der Waals surface area contributed by atoms with E-state index >= 15 is 0 Å². The summed E-state index contributed by atoms with van der Waals surface area (Å²) in [6.07, 6.45) is 3.04. The molecule has 1 aromatic carbocycles. The molecule has 2 heterocycles. The van der Waals surface area contributed by atoms with Gasteiger partial charge in [0.15, 0.2) is 6.39 Å². The first-order valence-corrected chi connectivity index (χ1v) is 8.19. The van der Waals surface area contributed by atoms with Gasteiger partial charge in [-0.3, -0.25) is 0 Å². The maximum Gasteiger partial charge on any atom is 0.244 e. The van der Waals surface area contributed by atoms with Crippen molar-refractivity contribution in [3.63, 3.8) is 0 Å². The number of hydrogen-bond acceptors (Lipinski definition) is 5. The van der Waals surface area contributed by atoms with Crippen LogP contribution in [0.3, 0.4) is 0 Å². The minimum absolute atomic E-state index is 0.0673. The van der Waals surface area contributed by atoms with E-state index in [1.165, 1.54) is 6.39 Å². The monoisotopic (exact) mass is 308 g/mol. The maximum atomic E-state index is 12.5. The number of oxazole rings is 1. The lowest BCUT2D eigenvalue weighted by molar-refractivity contribution is 0.280. The Morgan fingerprint density at radius 2 is 2.24 bits per heavy atom. The van der Waals surface area contributed by atoms with E-state index in [-0.39, 0.29) is 11.4 Å². The van der Waals surface area contributed by atoms with E-state index < -0.39 is 10.0 Å². The molecule has 3 rings (SSSR count). The van der Waals surface area contributed by atoms with Crippen LogP contribution in [0.1, 0.15) is 23.4 Å². The van der Waals surface area contributed by atoms with Gasteiger partial charge in [-0.25, -0.2) is 18.1 Å². The van der Waals surface area contributed by atoms with Crippen LogP contribution in [0.25, 0.3) is 0 Å². The number of aromatic nitrogens is 1. The number of nitrogens with zero attached hydrogens (tertiary/aromatic N) is 1. The van der Waals surface area contributed by atoms with Crippen molar-refractivity contribution >= 4 is 10.0 Å². The quantitative estimate of drug-likeness (QED) is 0.931. The molecule has 1 aromatic heterocycles. The number of benzene rings is 1. The summed E-state index contributed by atoms with van der Waals surface area (Å²) in [5.41, 5.74) is 1.60. The number of hydrogen-bond donors (Lipinski definition) is 1. The molecule has 0 bridgehead atoms. The molecule has 112 valence electrons. The minimum Gasteiger partial charge on any atom is -0.492 e. The highest BCUT2D eigenvalue weighted by Crippen LogP contribution is 2.32. The lowest BCUT2D eigenvalue weighted by Crippen LogP contribution is -2.25. The molecule has 1 N–H and O–H groups in total. The highest BCUT2D eigenvalue weighted by Gasteiger charge is 2.24. The number of nitrogens with one attached hydrogen (secondary N) is 1. The zero-order valence-corrected chi connectivity index (χ0v) is 12.4. The topological polar surface area (TPSA) is 81.4 Å². The zero-order chi connectivity index (χ0) is 14.9. The van der Waals surface area contributed by atoms with E-state index in [2.05, 4.69) is 9.71 Å². The maximum absolute atomic E-state index is 12.5. The normalized spacial score (nSPS) is 14.5. The molecule has 21 heavy (non-hydrogen) atoms. The summed E-state index contributed by atoms with van der Waals surface area (Å²) in [4.78, 5) is 4.11. The van der Waals surface area contributed by atoms with E-state index in [1.54, 1.807) is 19.1 Å². The van der Waals surface area contributed by atoms with Crippen LogP contribution in [0.2, 0.25) is 0 Å². The van der Waals surface area contributed by atoms with Gasteiger partial charge < -0.3 is 9.15 Å². The predicted octanol–water partition coefficient (Wildman–Crippen LogP) is 1.79. The van der Waals surface area contributed by atoms with Gasteiger partial charge in [-0.15, -0.1) is 0 Å². The van der Waals surface area contributed by atoms with Crippen LogP contribution in [-0.2, 0) is 23.0 Å². The fraction of sp³-hybridized carbons (Fsp3) is 0.357. The summed E-state index contributed by atoms with van der Waals surface area (Å²) in [5, 5.41) is 0. The number of sulfonamides is 1. The molecule has 0 saturated carbocycles. The van der Waals surface area contributed by atoms with Crippen LogP contribution in [-0.4, -0.2) is 20.0 Å². The molecule has 7 heteroatoms. The second-order valence-corrected chi connectivity index (χ2v) is 6.62. The summed E-state index contributed by atoms with van der Waals surface area (Å²) in [5.74, 6) is 0.967. The Balaban J connectivity index is 1.87. The van der Waals surface area contributed by atoms with E-state index in [4.69, 9.17) is 9.15 Å². The van der Waals surface area contributed by atoms with Crippen LogP contribution >= 0.6 is 0 Å². The molecular weight excluding hydrogens is 292 g/mol. The van der Waals surface area contributed by atoms with Gasteiger partial charge in [0.1, 0.15) is 16.4 Å². The molecule has 0 amide bonds. The second-order valence-electron chi connectivity index (χ2n) is 4.88. The van der Waals surface area contributed by atoms with Gasteiger partial charge in [0.05, 0.1) is 18.8 Å². The molecule has 0 saturated heterocycles. The standard InChI is InChI=1S/C14H16N2O4S/c1-10-12(20-9-15-10)8-16-21(17,18)13-6-2-4-11-5-3-7-19-14(11)13/h2,4,6,9,16H,3,5,7-8H2,1H3. The Morgan fingerprint density at radius 1 is 1.38 bits per heavy atom. The Morgan fingerprint density at radius 3 is 3.00 bits per heavy atom. The average Bonchev–Trinajstić information content (AvgIpc) is 2.90. The fourth-order valence-corrected chi connectivity index (χ4v) is 3.47. The lowest BCUT2D eigenvalue weighted by Gasteiger charge is -2.20. The molecule has 0 spiro atoms. The van der Waals surface area contributed by atoms with E-state index in [0.29, 0.717) is 23.8 Å². The van der Waals surface area contributed by atoms with Gasteiger partial charge in [0.2, 0.25) is 10.0 Å². The molecule has 0 fully saturated rings. The van der Waals surface area contributed by atoms with Crippen LogP contribution in [0.15, 0.2) is 33.9 Å². The van der Waals surface area contributed by atoms with Crippen molar-refractivity contribution in [2.24, 2.45) is 0 Å². The van der Waals surface area contributed by atoms with Crippen molar-refractivity contribution in [1.29, 1.82) is 0 Å². The molecule has 0 radical (unpaired) electrons. The zero-order valence-electron chi connectivity index (χ0n) is 11.6. The number of aryl methyl sites for hydroxylation is 2. The molecule has 2 aromatic rings. The van der Waals surface area contributed by atoms with Gasteiger partial charge in [-0.1, -0.05) is 12.1 Å². The Kier molecular flexibility index (Phi) is 3.69. The van der Waals surface area contributed by atoms with E-state index in [9.17, 15) is 8.42 Å². The van der Waals surface area contributed by atoms with Gasteiger partial charge in [0, 0.05) is 0 Å². The second kappa shape index (κ2) is 5.50. The third kappa shape index (κ3) is 2.79. The van der Waals surface area contributed by atoms with Gasteiger partial charge >= 0.3 is 0 Å². The Hall–Kier alpha value is -1.86. The first-order valence-electron chi connectivity index (χ1n) is 6.71. The largest absolute Gasteiger partial charge is 0.492 e. The van der Waals surface area contributed by atoms with Crippen molar-refractivity contribution in [3.05, 3.63) is 41.6 Å². The number of fused-ring (bicyclic) bond motifs is 1. The summed E-state index contributed by atoms with van der Waals surface area (Å²) in [6, 6.07) is 5.19. The molecule has 1 aliphatic heterocycles. The highest BCUT2D eigenvalue weighted by molar-refractivity contribution is 7.89. The van der Waals surface area contributed by atoms with Crippen molar-refractivity contribution in [1.82, 2.24) is 9.71 Å². The van der Waals surface area contributed by atoms with Crippen molar-refractivity contribution in [3.8, 4) is 5.75 Å². The third-order valence-electron chi connectivity index (χ3n) is 3.45. The fourth-order valence-electron chi connectivity index (χ4n) is 2.30. The van der Waals surface area contributed by atoms with Gasteiger partial charge in [0.25, 0.3) is 0 Å². The molecular formula is C14H16N2O4S. The third-order valence-corrected chi connectivity index (χ3v) is 4.88. The van der Waals surface area contributed by atoms with Crippen LogP contribution < -0.4 is 9.46 Å². The molecule has 1 aliphatic rings. The van der Waals surface area contributed by atoms with Gasteiger partial charge in [-0.2, -0.15) is 0 Å². The van der Waals surface area contributed by atoms with E-state index in [0.717, 1.165) is 18.4 Å². The Bertz CT molecular complexity index is 752. The number of rotatable bonds is 4.